The number of esters is 1. The number of ether oxygens (including phenoxy) is 5. The Bertz CT molecular complexity index is 669. The largest absolute Gasteiger partial charge is 0.491 e. The molecule has 0 saturated heterocycles. The summed E-state index contributed by atoms with van der Waals surface area (Å²) in [5.74, 6) is 0.630. The summed E-state index contributed by atoms with van der Waals surface area (Å²) in [5, 5.41) is 0. The summed E-state index contributed by atoms with van der Waals surface area (Å²) >= 11 is 0. The van der Waals surface area contributed by atoms with Crippen LogP contribution in [0.3, 0.4) is 0 Å². The molecular weight excluding hydrogens is 513 g/mol. The van der Waals surface area contributed by atoms with Crippen molar-refractivity contribution >= 4 is 35.6 Å². The zero-order valence-electron chi connectivity index (χ0n) is 19.5. The van der Waals surface area contributed by atoms with E-state index in [-0.39, 0.29) is 35.4 Å². The van der Waals surface area contributed by atoms with Gasteiger partial charge >= 0.3 is 5.97 Å². The van der Waals surface area contributed by atoms with Crippen LogP contribution >= 0.6 is 24.0 Å². The molecule has 0 bridgehead atoms. The van der Waals surface area contributed by atoms with Crippen LogP contribution in [0.2, 0.25) is 0 Å². The molecule has 1 aromatic rings. The molecule has 0 N–H and O–H groups in total. The van der Waals surface area contributed by atoms with Crippen molar-refractivity contribution in [1.29, 1.82) is 0 Å². The fourth-order valence-corrected chi connectivity index (χ4v) is 3.64. The number of halogens is 1. The molecule has 178 valence electrons. The zero-order valence-corrected chi connectivity index (χ0v) is 21.8. The highest BCUT2D eigenvalue weighted by molar-refractivity contribution is 14.0. The van der Waals surface area contributed by atoms with Crippen molar-refractivity contribution in [1.82, 2.24) is 0 Å². The fourth-order valence-electron chi connectivity index (χ4n) is 3.64. The maximum absolute atomic E-state index is 11.0. The first-order chi connectivity index (χ1) is 14.4. The monoisotopic (exact) mass is 551 g/mol. The lowest BCUT2D eigenvalue weighted by atomic mass is 9.81. The van der Waals surface area contributed by atoms with E-state index in [1.54, 1.807) is 7.11 Å². The maximum atomic E-state index is 11.0. The Balaban J connectivity index is 0.00000480. The first-order valence-electron chi connectivity index (χ1n) is 10.7. The molecule has 1 heterocycles. The maximum Gasteiger partial charge on any atom is 0.302 e. The lowest BCUT2D eigenvalue weighted by Gasteiger charge is -2.31. The van der Waals surface area contributed by atoms with Crippen molar-refractivity contribution in [2.24, 2.45) is 0 Å². The molecule has 1 aliphatic rings. The normalized spacial score (nSPS) is 16.5. The van der Waals surface area contributed by atoms with Crippen LogP contribution in [-0.2, 0) is 29.2 Å². The summed E-state index contributed by atoms with van der Waals surface area (Å²) in [7, 11) is 1.65. The van der Waals surface area contributed by atoms with E-state index in [0.717, 1.165) is 18.7 Å². The predicted octanol–water partition coefficient (Wildman–Crippen LogP) is 3.80. The van der Waals surface area contributed by atoms with E-state index < -0.39 is 0 Å². The number of fused-ring (bicyclic) bond motifs is 1. The minimum absolute atomic E-state index is 0. The molecule has 8 heteroatoms. The Hall–Kier alpha value is -1.10. The third-order valence-corrected chi connectivity index (χ3v) is 5.63. The van der Waals surface area contributed by atoms with Crippen LogP contribution in [0.4, 0.5) is 5.69 Å². The van der Waals surface area contributed by atoms with Gasteiger partial charge in [0.25, 0.3) is 0 Å². The molecule has 0 radical (unpaired) electrons. The number of benzene rings is 1. The number of hydrogen-bond acceptors (Lipinski definition) is 7. The van der Waals surface area contributed by atoms with Gasteiger partial charge in [0.15, 0.2) is 0 Å². The van der Waals surface area contributed by atoms with Crippen molar-refractivity contribution in [3.05, 3.63) is 23.8 Å². The number of methoxy groups -OCH3 is 1. The molecule has 31 heavy (non-hydrogen) atoms. The summed E-state index contributed by atoms with van der Waals surface area (Å²) in [6.07, 6.45) is 0.810. The Morgan fingerprint density at radius 1 is 1.03 bits per heavy atom. The van der Waals surface area contributed by atoms with E-state index in [4.69, 9.17) is 23.7 Å². The van der Waals surface area contributed by atoms with E-state index in [1.807, 2.05) is 6.07 Å². The summed E-state index contributed by atoms with van der Waals surface area (Å²) in [5.41, 5.74) is 2.52. The standard InChI is InChI=1S/C23H37NO6.HI/c1-18-23(3,4)21-17-20(30-16-15-28-14-13-27-12-11-26-5)7-8-22(21)24(18)9-6-10-29-19(2)25;/h7-8,17-18H,6,9-16H2,1-5H3;1H. The molecule has 0 saturated carbocycles. The van der Waals surface area contributed by atoms with Crippen molar-refractivity contribution in [3.63, 3.8) is 0 Å². The minimum atomic E-state index is -0.227. The average Bonchev–Trinajstić information content (AvgIpc) is 2.90. The number of anilines is 1. The third kappa shape index (κ3) is 8.40. The van der Waals surface area contributed by atoms with E-state index in [0.29, 0.717) is 52.3 Å². The second-order valence-electron chi connectivity index (χ2n) is 8.03. The van der Waals surface area contributed by atoms with Gasteiger partial charge in [0.2, 0.25) is 0 Å². The summed E-state index contributed by atoms with van der Waals surface area (Å²) in [6, 6.07) is 6.64. The third-order valence-electron chi connectivity index (χ3n) is 5.63. The van der Waals surface area contributed by atoms with Gasteiger partial charge in [-0.1, -0.05) is 13.8 Å². The Morgan fingerprint density at radius 2 is 1.68 bits per heavy atom. The molecular formula is C23H38INO6. The van der Waals surface area contributed by atoms with Crippen molar-refractivity contribution in [2.75, 3.05) is 64.8 Å². The van der Waals surface area contributed by atoms with E-state index in [1.165, 1.54) is 18.2 Å². The quantitative estimate of drug-likeness (QED) is 0.198. The first-order valence-corrected chi connectivity index (χ1v) is 10.7. The average molecular weight is 551 g/mol. The van der Waals surface area contributed by atoms with Gasteiger partial charge in [-0.2, -0.15) is 0 Å². The molecule has 1 unspecified atom stereocenters. The number of hydrogen-bond donors (Lipinski definition) is 0. The lowest BCUT2D eigenvalue weighted by Crippen LogP contribution is -2.39. The van der Waals surface area contributed by atoms with Crippen LogP contribution in [0.5, 0.6) is 5.75 Å². The molecule has 0 aliphatic carbocycles. The molecule has 0 amide bonds. The van der Waals surface area contributed by atoms with Gasteiger partial charge in [0.05, 0.1) is 39.6 Å². The number of carbonyl (C=O) groups excluding carboxylic acids is 1. The van der Waals surface area contributed by atoms with E-state index in [2.05, 4.69) is 37.8 Å². The molecule has 1 aromatic carbocycles. The number of rotatable bonds is 14. The zero-order chi connectivity index (χ0) is 22.0. The highest BCUT2D eigenvalue weighted by Crippen LogP contribution is 2.46. The van der Waals surface area contributed by atoms with Gasteiger partial charge in [0, 0.05) is 37.7 Å². The van der Waals surface area contributed by atoms with Crippen LogP contribution in [0.1, 0.15) is 39.7 Å². The fraction of sp³-hybridized carbons (Fsp3) is 0.696. The smallest absolute Gasteiger partial charge is 0.302 e. The number of carbonyl (C=O) groups is 1. The first kappa shape index (κ1) is 27.9. The Morgan fingerprint density at radius 3 is 2.32 bits per heavy atom. The van der Waals surface area contributed by atoms with Crippen LogP contribution in [-0.4, -0.2) is 71.9 Å². The Kier molecular flexibility index (Phi) is 12.7. The van der Waals surface area contributed by atoms with Crippen LogP contribution in [0, 0.1) is 0 Å². The minimum Gasteiger partial charge on any atom is -0.491 e. The molecule has 0 fully saturated rings. The molecule has 1 aliphatic heterocycles. The van der Waals surface area contributed by atoms with Gasteiger partial charge < -0.3 is 28.6 Å². The van der Waals surface area contributed by atoms with Gasteiger partial charge in [-0.25, -0.2) is 0 Å². The molecule has 2 rings (SSSR count). The molecule has 0 aromatic heterocycles. The molecule has 0 spiro atoms. The molecule has 1 atom stereocenters. The van der Waals surface area contributed by atoms with Gasteiger partial charge in [-0.05, 0) is 37.1 Å². The van der Waals surface area contributed by atoms with Crippen molar-refractivity contribution in [3.8, 4) is 5.75 Å². The van der Waals surface area contributed by atoms with Gasteiger partial charge in [-0.15, -0.1) is 24.0 Å². The van der Waals surface area contributed by atoms with E-state index >= 15 is 0 Å². The highest BCUT2D eigenvalue weighted by Gasteiger charge is 2.41. The topological polar surface area (TPSA) is 66.5 Å². The summed E-state index contributed by atoms with van der Waals surface area (Å²) in [4.78, 5) is 13.4. The van der Waals surface area contributed by atoms with Crippen molar-refractivity contribution in [2.45, 2.75) is 45.6 Å². The summed E-state index contributed by atoms with van der Waals surface area (Å²) in [6.45, 7) is 12.8. The van der Waals surface area contributed by atoms with Gasteiger partial charge in [0.1, 0.15) is 12.4 Å². The van der Waals surface area contributed by atoms with Crippen LogP contribution in [0.25, 0.3) is 0 Å². The predicted molar refractivity (Wildman–Crippen MR) is 132 cm³/mol. The Labute approximate surface area is 203 Å². The molecule has 7 nitrogen and oxygen atoms in total. The van der Waals surface area contributed by atoms with Gasteiger partial charge in [-0.3, -0.25) is 4.79 Å². The second-order valence-corrected chi connectivity index (χ2v) is 8.03. The van der Waals surface area contributed by atoms with Crippen molar-refractivity contribution < 1.29 is 28.5 Å². The summed E-state index contributed by atoms with van der Waals surface area (Å²) < 4.78 is 26.8. The SMILES string of the molecule is COCCOCCOCCOc1ccc2c(c1)C(C)(C)C(C)N2CCCOC(C)=O.I. The van der Waals surface area contributed by atoms with Crippen LogP contribution < -0.4 is 9.64 Å². The second kappa shape index (κ2) is 14.1. The number of nitrogens with zero attached hydrogens (tertiary/aromatic N) is 1. The highest BCUT2D eigenvalue weighted by atomic mass is 127. The lowest BCUT2D eigenvalue weighted by molar-refractivity contribution is -0.140. The van der Waals surface area contributed by atoms with E-state index in [9.17, 15) is 4.79 Å². The van der Waals surface area contributed by atoms with Crippen LogP contribution in [0.15, 0.2) is 18.2 Å².